The molecular weight excluding hydrogens is 180 g/mol. The lowest BCUT2D eigenvalue weighted by Gasteiger charge is -2.13. The Labute approximate surface area is 86.5 Å². The van der Waals surface area contributed by atoms with Gasteiger partial charge in [0.25, 0.3) is 0 Å². The molecule has 0 aromatic heterocycles. The Balaban J connectivity index is 3.65. The molecule has 2 atom stereocenters. The van der Waals surface area contributed by atoms with Crippen molar-refractivity contribution < 1.29 is 14.6 Å². The Kier molecular flexibility index (Phi) is 6.54. The lowest BCUT2D eigenvalue weighted by molar-refractivity contribution is -0.149. The lowest BCUT2D eigenvalue weighted by atomic mass is 10.0. The monoisotopic (exact) mass is 202 g/mol. The van der Waals surface area contributed by atoms with Gasteiger partial charge < -0.3 is 9.84 Å². The molecule has 0 spiro atoms. The van der Waals surface area contributed by atoms with Crippen LogP contribution in [0.2, 0.25) is 0 Å². The van der Waals surface area contributed by atoms with Gasteiger partial charge in [0.2, 0.25) is 0 Å². The molecule has 84 valence electrons. The molecule has 0 fully saturated rings. The van der Waals surface area contributed by atoms with Gasteiger partial charge in [-0.1, -0.05) is 20.8 Å². The summed E-state index contributed by atoms with van der Waals surface area (Å²) in [5.74, 6) is 0.116. The van der Waals surface area contributed by atoms with Crippen LogP contribution in [0, 0.1) is 11.8 Å². The second-order valence-corrected chi connectivity index (χ2v) is 4.35. The van der Waals surface area contributed by atoms with Gasteiger partial charge in [0.1, 0.15) is 0 Å². The summed E-state index contributed by atoms with van der Waals surface area (Å²) >= 11 is 0. The Hall–Kier alpha value is -0.570. The summed E-state index contributed by atoms with van der Waals surface area (Å²) in [5.41, 5.74) is 0. The smallest absolute Gasteiger partial charge is 0.308 e. The third-order valence-electron chi connectivity index (χ3n) is 1.98. The number of aliphatic hydroxyl groups excluding tert-OH is 1. The third-order valence-corrected chi connectivity index (χ3v) is 1.98. The molecule has 14 heavy (non-hydrogen) atoms. The molecule has 0 saturated heterocycles. The summed E-state index contributed by atoms with van der Waals surface area (Å²) in [6.45, 7) is 8.07. The normalized spacial score (nSPS) is 15.3. The summed E-state index contributed by atoms with van der Waals surface area (Å²) in [7, 11) is 0. The van der Waals surface area contributed by atoms with Crippen LogP contribution in [0.15, 0.2) is 0 Å². The van der Waals surface area contributed by atoms with Crippen LogP contribution < -0.4 is 0 Å². The molecule has 0 saturated carbocycles. The van der Waals surface area contributed by atoms with Crippen molar-refractivity contribution in [2.45, 2.75) is 46.6 Å². The summed E-state index contributed by atoms with van der Waals surface area (Å²) in [4.78, 5) is 11.4. The molecule has 0 aliphatic carbocycles. The van der Waals surface area contributed by atoms with E-state index in [0.717, 1.165) is 0 Å². The predicted octanol–water partition coefficient (Wildman–Crippen LogP) is 1.98. The largest absolute Gasteiger partial charge is 0.465 e. The number of ether oxygens (including phenoxy) is 1. The molecule has 0 aromatic carbocycles. The number of aliphatic hydroxyl groups is 1. The van der Waals surface area contributed by atoms with Crippen molar-refractivity contribution in [3.05, 3.63) is 0 Å². The Morgan fingerprint density at radius 1 is 1.21 bits per heavy atom. The third kappa shape index (κ3) is 6.89. The Morgan fingerprint density at radius 3 is 2.21 bits per heavy atom. The molecule has 0 bridgehead atoms. The van der Waals surface area contributed by atoms with Crippen LogP contribution in [-0.2, 0) is 9.53 Å². The van der Waals surface area contributed by atoms with Gasteiger partial charge in [0.15, 0.2) is 0 Å². The van der Waals surface area contributed by atoms with Gasteiger partial charge in [0, 0.05) is 0 Å². The van der Waals surface area contributed by atoms with Crippen molar-refractivity contribution in [1.29, 1.82) is 0 Å². The van der Waals surface area contributed by atoms with Crippen molar-refractivity contribution in [2.24, 2.45) is 11.8 Å². The topological polar surface area (TPSA) is 46.5 Å². The standard InChI is InChI=1S/C11H22O3/c1-8(2)7-14-11(13)9(3)5-6-10(4)12/h8-10,12H,5-7H2,1-4H3. The van der Waals surface area contributed by atoms with Crippen LogP contribution in [0.1, 0.15) is 40.5 Å². The van der Waals surface area contributed by atoms with Crippen molar-refractivity contribution in [3.8, 4) is 0 Å². The first-order valence-corrected chi connectivity index (χ1v) is 5.28. The molecule has 0 aromatic rings. The second-order valence-electron chi connectivity index (χ2n) is 4.35. The predicted molar refractivity (Wildman–Crippen MR) is 55.9 cm³/mol. The van der Waals surface area contributed by atoms with E-state index in [1.54, 1.807) is 6.92 Å². The summed E-state index contributed by atoms with van der Waals surface area (Å²) in [5, 5.41) is 9.05. The molecular formula is C11H22O3. The molecule has 0 radical (unpaired) electrons. The number of hydrogen-bond donors (Lipinski definition) is 1. The minimum atomic E-state index is -0.338. The van der Waals surface area contributed by atoms with Gasteiger partial charge in [-0.25, -0.2) is 0 Å². The molecule has 0 amide bonds. The van der Waals surface area contributed by atoms with Crippen molar-refractivity contribution >= 4 is 5.97 Å². The highest BCUT2D eigenvalue weighted by Gasteiger charge is 2.15. The fourth-order valence-electron chi connectivity index (χ4n) is 1.00. The molecule has 1 N–H and O–H groups in total. The van der Waals surface area contributed by atoms with Crippen molar-refractivity contribution in [3.63, 3.8) is 0 Å². The SMILES string of the molecule is CC(C)COC(=O)C(C)CCC(C)O. The highest BCUT2D eigenvalue weighted by Crippen LogP contribution is 2.10. The number of esters is 1. The summed E-state index contributed by atoms with van der Waals surface area (Å²) in [6, 6.07) is 0. The zero-order valence-corrected chi connectivity index (χ0v) is 9.62. The Bertz CT molecular complexity index is 164. The molecule has 3 heteroatoms. The van der Waals surface area contributed by atoms with E-state index in [1.807, 2.05) is 20.8 Å². The van der Waals surface area contributed by atoms with E-state index in [9.17, 15) is 4.79 Å². The zero-order chi connectivity index (χ0) is 11.1. The van der Waals surface area contributed by atoms with E-state index in [1.165, 1.54) is 0 Å². The van der Waals surface area contributed by atoms with Crippen LogP contribution in [0.5, 0.6) is 0 Å². The second kappa shape index (κ2) is 6.82. The number of carbonyl (C=O) groups excluding carboxylic acids is 1. The fourth-order valence-corrected chi connectivity index (χ4v) is 1.00. The van der Waals surface area contributed by atoms with Crippen LogP contribution in [0.4, 0.5) is 0 Å². The van der Waals surface area contributed by atoms with Crippen LogP contribution in [0.25, 0.3) is 0 Å². The number of carbonyl (C=O) groups is 1. The summed E-state index contributed by atoms with van der Waals surface area (Å²) < 4.78 is 5.08. The number of hydrogen-bond acceptors (Lipinski definition) is 3. The highest BCUT2D eigenvalue weighted by atomic mass is 16.5. The minimum absolute atomic E-state index is 0.108. The van der Waals surface area contributed by atoms with Crippen LogP contribution in [0.3, 0.4) is 0 Å². The van der Waals surface area contributed by atoms with Gasteiger partial charge in [-0.3, -0.25) is 4.79 Å². The van der Waals surface area contributed by atoms with Gasteiger partial charge >= 0.3 is 5.97 Å². The minimum Gasteiger partial charge on any atom is -0.465 e. The molecule has 0 heterocycles. The van der Waals surface area contributed by atoms with Crippen LogP contribution >= 0.6 is 0 Å². The quantitative estimate of drug-likeness (QED) is 0.670. The average molecular weight is 202 g/mol. The van der Waals surface area contributed by atoms with E-state index in [2.05, 4.69) is 0 Å². The first-order valence-electron chi connectivity index (χ1n) is 5.28. The van der Waals surface area contributed by atoms with E-state index < -0.39 is 0 Å². The van der Waals surface area contributed by atoms with Gasteiger partial charge in [-0.2, -0.15) is 0 Å². The van der Waals surface area contributed by atoms with E-state index in [4.69, 9.17) is 9.84 Å². The lowest BCUT2D eigenvalue weighted by Crippen LogP contribution is -2.18. The van der Waals surface area contributed by atoms with Crippen LogP contribution in [-0.4, -0.2) is 23.8 Å². The first kappa shape index (κ1) is 13.4. The molecule has 3 nitrogen and oxygen atoms in total. The summed E-state index contributed by atoms with van der Waals surface area (Å²) in [6.07, 6.45) is 1.00. The molecule has 0 rings (SSSR count). The molecule has 0 aliphatic heterocycles. The van der Waals surface area contributed by atoms with Crippen molar-refractivity contribution in [1.82, 2.24) is 0 Å². The van der Waals surface area contributed by atoms with Crippen molar-refractivity contribution in [2.75, 3.05) is 6.61 Å². The first-order chi connectivity index (χ1) is 6.43. The zero-order valence-electron chi connectivity index (χ0n) is 9.62. The van der Waals surface area contributed by atoms with Gasteiger partial charge in [-0.05, 0) is 25.7 Å². The molecule has 0 aliphatic rings. The van der Waals surface area contributed by atoms with E-state index in [-0.39, 0.29) is 18.0 Å². The van der Waals surface area contributed by atoms with Gasteiger partial charge in [0.05, 0.1) is 18.6 Å². The maximum atomic E-state index is 11.4. The highest BCUT2D eigenvalue weighted by molar-refractivity contribution is 5.71. The average Bonchev–Trinajstić information content (AvgIpc) is 2.09. The maximum Gasteiger partial charge on any atom is 0.308 e. The van der Waals surface area contributed by atoms with Gasteiger partial charge in [-0.15, -0.1) is 0 Å². The number of rotatable bonds is 6. The fraction of sp³-hybridized carbons (Fsp3) is 0.909. The Morgan fingerprint density at radius 2 is 1.79 bits per heavy atom. The molecule has 2 unspecified atom stereocenters. The maximum absolute atomic E-state index is 11.4. The van der Waals surface area contributed by atoms with E-state index >= 15 is 0 Å². The van der Waals surface area contributed by atoms with E-state index in [0.29, 0.717) is 25.4 Å².